The molecular weight excluding hydrogens is 224 g/mol. The molecule has 0 saturated heterocycles. The molecule has 0 aliphatic heterocycles. The monoisotopic (exact) mass is 240 g/mol. The Balaban J connectivity index is 2.77. The second-order valence-electron chi connectivity index (χ2n) is 3.88. The van der Waals surface area contributed by atoms with Crippen molar-refractivity contribution in [1.29, 1.82) is 0 Å². The fourth-order valence-corrected chi connectivity index (χ4v) is 1.47. The fraction of sp³-hybridized carbons (Fsp3) is 0.455. The van der Waals surface area contributed by atoms with E-state index in [2.05, 4.69) is 10.3 Å². The number of aliphatic hydroxyl groups excluding tert-OH is 2. The summed E-state index contributed by atoms with van der Waals surface area (Å²) in [5.41, 5.74) is 0.750. The smallest absolute Gasteiger partial charge is 0.248 e. The van der Waals surface area contributed by atoms with Gasteiger partial charge in [0.05, 0.1) is 0 Å². The lowest BCUT2D eigenvalue weighted by atomic mass is 10.0. The molecule has 6 heteroatoms. The molecule has 4 N–H and O–H groups in total. The molecule has 0 aliphatic carbocycles. The number of carbonyl (C=O) groups is 1. The van der Waals surface area contributed by atoms with Gasteiger partial charge in [-0.15, -0.1) is 0 Å². The first-order valence-electron chi connectivity index (χ1n) is 5.21. The van der Waals surface area contributed by atoms with Crippen LogP contribution in [0.25, 0.3) is 0 Å². The van der Waals surface area contributed by atoms with Gasteiger partial charge in [-0.2, -0.15) is 0 Å². The topological polar surface area (TPSA) is 102 Å². The van der Waals surface area contributed by atoms with Crippen LogP contribution in [0.15, 0.2) is 17.1 Å². The van der Waals surface area contributed by atoms with Crippen molar-refractivity contribution in [3.8, 4) is 0 Å². The summed E-state index contributed by atoms with van der Waals surface area (Å²) >= 11 is 0. The van der Waals surface area contributed by atoms with Gasteiger partial charge in [-0.25, -0.2) is 0 Å². The van der Waals surface area contributed by atoms with Crippen LogP contribution in [0.1, 0.15) is 24.2 Å². The number of hydrogen-bond acceptors (Lipinski definition) is 4. The van der Waals surface area contributed by atoms with Crippen LogP contribution in [-0.2, 0) is 4.79 Å². The van der Waals surface area contributed by atoms with Gasteiger partial charge < -0.3 is 20.5 Å². The third kappa shape index (κ3) is 3.69. The predicted molar refractivity (Wildman–Crippen MR) is 61.5 cm³/mol. The predicted octanol–water partition coefficient (Wildman–Crippen LogP) is -0.786. The van der Waals surface area contributed by atoms with Gasteiger partial charge in [-0.1, -0.05) is 0 Å². The van der Waals surface area contributed by atoms with Gasteiger partial charge in [0, 0.05) is 31.3 Å². The van der Waals surface area contributed by atoms with E-state index in [0.29, 0.717) is 11.1 Å². The Morgan fingerprint density at radius 3 is 2.71 bits per heavy atom. The summed E-state index contributed by atoms with van der Waals surface area (Å²) in [5, 5.41) is 21.9. The van der Waals surface area contributed by atoms with E-state index in [-0.39, 0.29) is 18.0 Å². The Kier molecular flexibility index (Phi) is 4.42. The molecule has 1 aromatic rings. The van der Waals surface area contributed by atoms with Gasteiger partial charge in [-0.3, -0.25) is 9.59 Å². The number of aromatic nitrogens is 1. The molecule has 1 amide bonds. The molecule has 0 fully saturated rings. The molecular formula is C11H16N2O4. The molecule has 0 spiro atoms. The minimum atomic E-state index is -1.15. The van der Waals surface area contributed by atoms with Crippen LogP contribution < -0.4 is 10.9 Å². The van der Waals surface area contributed by atoms with Crippen molar-refractivity contribution in [3.63, 3.8) is 0 Å². The highest BCUT2D eigenvalue weighted by molar-refractivity contribution is 5.72. The Hall–Kier alpha value is -1.66. The zero-order chi connectivity index (χ0) is 13.0. The second kappa shape index (κ2) is 5.60. The van der Waals surface area contributed by atoms with E-state index in [9.17, 15) is 19.8 Å². The molecule has 0 aliphatic rings. The Morgan fingerprint density at radius 1 is 1.53 bits per heavy atom. The molecule has 1 aromatic heterocycles. The van der Waals surface area contributed by atoms with Crippen LogP contribution in [0.2, 0.25) is 0 Å². The highest BCUT2D eigenvalue weighted by Gasteiger charge is 2.20. The molecule has 1 rings (SSSR count). The van der Waals surface area contributed by atoms with Gasteiger partial charge in [-0.05, 0) is 12.5 Å². The van der Waals surface area contributed by atoms with Crippen molar-refractivity contribution >= 4 is 5.91 Å². The lowest BCUT2D eigenvalue weighted by molar-refractivity contribution is -0.119. The lowest BCUT2D eigenvalue weighted by Crippen LogP contribution is -2.34. The molecule has 0 aromatic carbocycles. The van der Waals surface area contributed by atoms with Crippen LogP contribution >= 0.6 is 0 Å². The number of aromatic amines is 1. The summed E-state index contributed by atoms with van der Waals surface area (Å²) in [5.74, 6) is -0.283. The van der Waals surface area contributed by atoms with Gasteiger partial charge in [0.15, 0.2) is 0 Å². The number of hydrogen-bond donors (Lipinski definition) is 4. The maximum Gasteiger partial charge on any atom is 0.248 e. The van der Waals surface area contributed by atoms with Gasteiger partial charge >= 0.3 is 0 Å². The molecule has 0 saturated carbocycles. The lowest BCUT2D eigenvalue weighted by Gasteiger charge is -2.19. The van der Waals surface area contributed by atoms with Gasteiger partial charge in [0.2, 0.25) is 11.5 Å². The largest absolute Gasteiger partial charge is 0.388 e. The van der Waals surface area contributed by atoms with Crippen LogP contribution in [0.4, 0.5) is 0 Å². The summed E-state index contributed by atoms with van der Waals surface area (Å²) in [4.78, 5) is 24.1. The molecule has 94 valence electrons. The standard InChI is InChI=1S/C11H16N2O4/c1-6-3-10(16)13-4-8(6)11(17)9(15)5-12-7(2)14/h3-4,9,11,15,17H,5H2,1-2H3,(H,12,14)(H,13,16). The third-order valence-electron chi connectivity index (χ3n) is 2.42. The van der Waals surface area contributed by atoms with Crippen molar-refractivity contribution in [2.75, 3.05) is 6.54 Å². The average molecular weight is 240 g/mol. The van der Waals surface area contributed by atoms with E-state index in [0.717, 1.165) is 0 Å². The summed E-state index contributed by atoms with van der Waals surface area (Å²) < 4.78 is 0. The zero-order valence-corrected chi connectivity index (χ0v) is 9.73. The minimum absolute atomic E-state index is 0.0466. The maximum atomic E-state index is 11.0. The van der Waals surface area contributed by atoms with E-state index in [1.54, 1.807) is 6.92 Å². The van der Waals surface area contributed by atoms with Crippen molar-refractivity contribution in [1.82, 2.24) is 10.3 Å². The SMILES string of the molecule is CC(=O)NCC(O)C(O)c1c[nH]c(=O)cc1C. The van der Waals surface area contributed by atoms with Gasteiger partial charge in [0.1, 0.15) is 12.2 Å². The Morgan fingerprint density at radius 2 is 2.18 bits per heavy atom. The van der Waals surface area contributed by atoms with E-state index in [1.807, 2.05) is 0 Å². The molecule has 0 radical (unpaired) electrons. The zero-order valence-electron chi connectivity index (χ0n) is 9.73. The van der Waals surface area contributed by atoms with Crippen LogP contribution in [0, 0.1) is 6.92 Å². The number of amides is 1. The summed E-state index contributed by atoms with van der Waals surface area (Å²) in [7, 11) is 0. The molecule has 1 heterocycles. The summed E-state index contributed by atoms with van der Waals surface area (Å²) in [6.45, 7) is 2.94. The van der Waals surface area contributed by atoms with E-state index >= 15 is 0 Å². The number of carbonyl (C=O) groups excluding carboxylic acids is 1. The van der Waals surface area contributed by atoms with Gasteiger partial charge in [0.25, 0.3) is 0 Å². The normalized spacial score (nSPS) is 14.1. The third-order valence-corrected chi connectivity index (χ3v) is 2.42. The highest BCUT2D eigenvalue weighted by atomic mass is 16.3. The number of H-pyrrole nitrogens is 1. The molecule has 0 bridgehead atoms. The van der Waals surface area contributed by atoms with Crippen molar-refractivity contribution in [3.05, 3.63) is 33.7 Å². The van der Waals surface area contributed by atoms with Crippen LogP contribution in [0.3, 0.4) is 0 Å². The van der Waals surface area contributed by atoms with E-state index in [4.69, 9.17) is 0 Å². The number of pyridine rings is 1. The maximum absolute atomic E-state index is 11.0. The molecule has 2 unspecified atom stereocenters. The molecule has 17 heavy (non-hydrogen) atoms. The number of aliphatic hydroxyl groups is 2. The summed E-state index contributed by atoms with van der Waals surface area (Å²) in [6.07, 6.45) is -0.915. The molecule has 6 nitrogen and oxygen atoms in total. The van der Waals surface area contributed by atoms with Crippen molar-refractivity contribution in [2.24, 2.45) is 0 Å². The number of aryl methyl sites for hydroxylation is 1. The van der Waals surface area contributed by atoms with E-state index < -0.39 is 12.2 Å². The Bertz CT molecular complexity index is 455. The first-order valence-corrected chi connectivity index (χ1v) is 5.21. The number of rotatable bonds is 4. The minimum Gasteiger partial charge on any atom is -0.388 e. The molecule has 2 atom stereocenters. The quantitative estimate of drug-likeness (QED) is 0.554. The first kappa shape index (κ1) is 13.4. The first-order chi connectivity index (χ1) is 7.91. The summed E-state index contributed by atoms with van der Waals surface area (Å²) in [6, 6.07) is 1.34. The Labute approximate surface area is 98.3 Å². The number of nitrogens with one attached hydrogen (secondary N) is 2. The van der Waals surface area contributed by atoms with Crippen molar-refractivity contribution in [2.45, 2.75) is 26.1 Å². The van der Waals surface area contributed by atoms with Crippen LogP contribution in [0.5, 0.6) is 0 Å². The fourth-order valence-electron chi connectivity index (χ4n) is 1.47. The van der Waals surface area contributed by atoms with Crippen LogP contribution in [-0.4, -0.2) is 33.8 Å². The highest BCUT2D eigenvalue weighted by Crippen LogP contribution is 2.18. The van der Waals surface area contributed by atoms with E-state index in [1.165, 1.54) is 19.2 Å². The second-order valence-corrected chi connectivity index (χ2v) is 3.88. The van der Waals surface area contributed by atoms with Crippen molar-refractivity contribution < 1.29 is 15.0 Å². The average Bonchev–Trinajstić information content (AvgIpc) is 2.25.